The highest BCUT2D eigenvalue weighted by Crippen LogP contribution is 2.12. The van der Waals surface area contributed by atoms with Crippen LogP contribution in [0.1, 0.15) is 5.56 Å². The molecule has 2 rings (SSSR count). The average molecular weight is 251 g/mol. The van der Waals surface area contributed by atoms with Gasteiger partial charge in [0.05, 0.1) is 0 Å². The molecular weight excluding hydrogens is 240 g/mol. The van der Waals surface area contributed by atoms with Gasteiger partial charge in [0.25, 0.3) is 0 Å². The first-order valence-electron chi connectivity index (χ1n) is 5.16. The van der Waals surface area contributed by atoms with E-state index >= 15 is 0 Å². The number of nitrogens with two attached hydrogens (primary N) is 1. The first kappa shape index (κ1) is 12.2. The molecule has 1 aromatic heterocycles. The van der Waals surface area contributed by atoms with E-state index in [4.69, 9.17) is 5.84 Å². The molecule has 7 heteroatoms. The lowest BCUT2D eigenvalue weighted by Crippen LogP contribution is -2.11. The Kier molecular flexibility index (Phi) is 3.63. The smallest absolute Gasteiger partial charge is 0.239 e. The van der Waals surface area contributed by atoms with Crippen molar-refractivity contribution in [3.63, 3.8) is 0 Å². The Hall–Kier alpha value is -2.28. The zero-order chi connectivity index (χ0) is 13.0. The summed E-state index contributed by atoms with van der Waals surface area (Å²) in [4.78, 5) is 7.81. The number of nitrogens with one attached hydrogen (secondary N) is 2. The Bertz CT molecular complexity index is 547. The lowest BCUT2D eigenvalue weighted by Gasteiger charge is -2.07. The average Bonchev–Trinajstić information content (AvgIpc) is 2.40. The maximum absolute atomic E-state index is 13.3. The Morgan fingerprint density at radius 2 is 2.06 bits per heavy atom. The minimum absolute atomic E-state index is 0.116. The molecule has 0 saturated carbocycles. The van der Waals surface area contributed by atoms with Crippen molar-refractivity contribution in [1.82, 2.24) is 9.97 Å². The van der Waals surface area contributed by atoms with Crippen LogP contribution in [0.15, 0.2) is 30.5 Å². The van der Waals surface area contributed by atoms with E-state index in [1.165, 1.54) is 6.20 Å². The van der Waals surface area contributed by atoms with Crippen molar-refractivity contribution in [2.24, 2.45) is 5.84 Å². The summed E-state index contributed by atoms with van der Waals surface area (Å²) in [6, 6.07) is 4.88. The van der Waals surface area contributed by atoms with Gasteiger partial charge in [0.1, 0.15) is 17.5 Å². The monoisotopic (exact) mass is 251 g/mol. The summed E-state index contributed by atoms with van der Waals surface area (Å²) in [7, 11) is 0. The zero-order valence-corrected chi connectivity index (χ0v) is 9.32. The number of benzene rings is 1. The van der Waals surface area contributed by atoms with Gasteiger partial charge < -0.3 is 5.32 Å². The van der Waals surface area contributed by atoms with Crippen LogP contribution in [0.2, 0.25) is 0 Å². The number of hydrazine groups is 1. The Labute approximate surface area is 102 Å². The number of rotatable bonds is 4. The number of hydrogen-bond acceptors (Lipinski definition) is 5. The van der Waals surface area contributed by atoms with Gasteiger partial charge in [0, 0.05) is 18.3 Å². The fourth-order valence-corrected chi connectivity index (χ4v) is 1.39. The lowest BCUT2D eigenvalue weighted by molar-refractivity contribution is 0.587. The normalized spacial score (nSPS) is 10.2. The van der Waals surface area contributed by atoms with Crippen LogP contribution < -0.4 is 16.6 Å². The van der Waals surface area contributed by atoms with Crippen molar-refractivity contribution in [1.29, 1.82) is 0 Å². The summed E-state index contributed by atoms with van der Waals surface area (Å²) in [5.41, 5.74) is 2.51. The van der Waals surface area contributed by atoms with Crippen molar-refractivity contribution < 1.29 is 8.78 Å². The molecule has 4 N–H and O–H groups in total. The number of aromatic nitrogens is 2. The van der Waals surface area contributed by atoms with Crippen molar-refractivity contribution in [3.05, 3.63) is 47.7 Å². The first-order valence-corrected chi connectivity index (χ1v) is 5.16. The van der Waals surface area contributed by atoms with Gasteiger partial charge in [-0.3, -0.25) is 5.43 Å². The number of halogens is 2. The van der Waals surface area contributed by atoms with Crippen LogP contribution in [-0.4, -0.2) is 9.97 Å². The minimum atomic E-state index is -0.486. The van der Waals surface area contributed by atoms with Crippen LogP contribution in [0.25, 0.3) is 0 Å². The number of hydrogen-bond donors (Lipinski definition) is 3. The Morgan fingerprint density at radius 1 is 1.22 bits per heavy atom. The van der Waals surface area contributed by atoms with E-state index in [0.29, 0.717) is 5.82 Å². The molecule has 0 aliphatic rings. The highest BCUT2D eigenvalue weighted by molar-refractivity contribution is 5.39. The predicted octanol–water partition coefficient (Wildman–Crippen LogP) is 1.65. The van der Waals surface area contributed by atoms with Gasteiger partial charge in [-0.25, -0.2) is 19.6 Å². The van der Waals surface area contributed by atoms with E-state index in [2.05, 4.69) is 20.7 Å². The molecule has 94 valence electrons. The van der Waals surface area contributed by atoms with Crippen molar-refractivity contribution >= 4 is 11.8 Å². The van der Waals surface area contributed by atoms with Gasteiger partial charge in [0.2, 0.25) is 5.95 Å². The molecular formula is C11H11F2N5. The first-order chi connectivity index (χ1) is 8.69. The van der Waals surface area contributed by atoms with E-state index in [9.17, 15) is 8.78 Å². The summed E-state index contributed by atoms with van der Waals surface area (Å²) in [5, 5.41) is 2.85. The number of nitrogens with zero attached hydrogens (tertiary/aromatic N) is 2. The van der Waals surface area contributed by atoms with E-state index in [1.54, 1.807) is 6.07 Å². The highest BCUT2D eigenvalue weighted by Gasteiger charge is 2.04. The van der Waals surface area contributed by atoms with E-state index < -0.39 is 11.6 Å². The largest absolute Gasteiger partial charge is 0.366 e. The fourth-order valence-electron chi connectivity index (χ4n) is 1.39. The number of nitrogen functional groups attached to an aromatic ring is 1. The summed E-state index contributed by atoms with van der Waals surface area (Å²) >= 11 is 0. The van der Waals surface area contributed by atoms with Crippen LogP contribution in [0.3, 0.4) is 0 Å². The van der Waals surface area contributed by atoms with E-state index in [0.717, 1.165) is 18.2 Å². The second-order valence-corrected chi connectivity index (χ2v) is 3.50. The van der Waals surface area contributed by atoms with Gasteiger partial charge >= 0.3 is 0 Å². The lowest BCUT2D eigenvalue weighted by atomic mass is 10.2. The molecule has 0 fully saturated rings. The third-order valence-electron chi connectivity index (χ3n) is 2.25. The SMILES string of the molecule is NNc1nccc(NCc2cc(F)ccc2F)n1. The van der Waals surface area contributed by atoms with Crippen LogP contribution >= 0.6 is 0 Å². The molecule has 2 aromatic rings. The molecule has 1 aromatic carbocycles. The maximum atomic E-state index is 13.3. The second kappa shape index (κ2) is 5.37. The second-order valence-electron chi connectivity index (χ2n) is 3.50. The maximum Gasteiger partial charge on any atom is 0.239 e. The molecule has 0 radical (unpaired) electrons. The molecule has 0 amide bonds. The van der Waals surface area contributed by atoms with Crippen LogP contribution in [0, 0.1) is 11.6 Å². The topological polar surface area (TPSA) is 75.9 Å². The Morgan fingerprint density at radius 3 is 2.83 bits per heavy atom. The molecule has 0 atom stereocenters. The minimum Gasteiger partial charge on any atom is -0.366 e. The number of anilines is 2. The van der Waals surface area contributed by atoms with E-state index in [1.807, 2.05) is 0 Å². The quantitative estimate of drug-likeness (QED) is 0.569. The van der Waals surface area contributed by atoms with E-state index in [-0.39, 0.29) is 18.1 Å². The van der Waals surface area contributed by atoms with Crippen molar-refractivity contribution in [3.8, 4) is 0 Å². The molecule has 0 aliphatic carbocycles. The van der Waals surface area contributed by atoms with Gasteiger partial charge in [0.15, 0.2) is 0 Å². The standard InChI is InChI=1S/C11H11F2N5/c12-8-1-2-9(13)7(5-8)6-16-10-3-4-15-11(17-10)18-14/h1-5H,6,14H2,(H2,15,16,17,18). The van der Waals surface area contributed by atoms with Gasteiger partial charge in [-0.2, -0.15) is 4.98 Å². The summed E-state index contributed by atoms with van der Waals surface area (Å²) in [5.74, 6) is 4.89. The van der Waals surface area contributed by atoms with Crippen LogP contribution in [-0.2, 0) is 6.54 Å². The van der Waals surface area contributed by atoms with Crippen molar-refractivity contribution in [2.75, 3.05) is 10.7 Å². The molecule has 0 aliphatic heterocycles. The summed E-state index contributed by atoms with van der Waals surface area (Å²) in [6.07, 6.45) is 1.49. The highest BCUT2D eigenvalue weighted by atomic mass is 19.1. The molecule has 5 nitrogen and oxygen atoms in total. The summed E-state index contributed by atoms with van der Waals surface area (Å²) < 4.78 is 26.3. The molecule has 1 heterocycles. The Balaban J connectivity index is 2.08. The third kappa shape index (κ3) is 2.89. The van der Waals surface area contributed by atoms with Crippen LogP contribution in [0.5, 0.6) is 0 Å². The predicted molar refractivity (Wildman–Crippen MR) is 63.5 cm³/mol. The zero-order valence-electron chi connectivity index (χ0n) is 9.32. The fraction of sp³-hybridized carbons (Fsp3) is 0.0909. The summed E-state index contributed by atoms with van der Waals surface area (Å²) in [6.45, 7) is 0.116. The molecule has 0 saturated heterocycles. The van der Waals surface area contributed by atoms with Gasteiger partial charge in [-0.15, -0.1) is 0 Å². The van der Waals surface area contributed by atoms with Gasteiger partial charge in [-0.05, 0) is 24.3 Å². The molecule has 0 bridgehead atoms. The van der Waals surface area contributed by atoms with Crippen molar-refractivity contribution in [2.45, 2.75) is 6.54 Å². The molecule has 0 unspecified atom stereocenters. The van der Waals surface area contributed by atoms with Crippen LogP contribution in [0.4, 0.5) is 20.5 Å². The van der Waals surface area contributed by atoms with Gasteiger partial charge in [-0.1, -0.05) is 0 Å². The molecule has 18 heavy (non-hydrogen) atoms. The third-order valence-corrected chi connectivity index (χ3v) is 2.25. The molecule has 0 spiro atoms.